The highest BCUT2D eigenvalue weighted by molar-refractivity contribution is 5.93. The summed E-state index contributed by atoms with van der Waals surface area (Å²) in [6.07, 6.45) is 5.14. The van der Waals surface area contributed by atoms with E-state index >= 15 is 0 Å². The van der Waals surface area contributed by atoms with Crippen LogP contribution in [0.2, 0.25) is 0 Å². The molecule has 6 nitrogen and oxygen atoms in total. The van der Waals surface area contributed by atoms with Crippen LogP contribution >= 0.6 is 0 Å². The van der Waals surface area contributed by atoms with Crippen molar-refractivity contribution in [3.8, 4) is 0 Å². The summed E-state index contributed by atoms with van der Waals surface area (Å²) >= 11 is 0. The molecule has 0 spiro atoms. The molecule has 18 heavy (non-hydrogen) atoms. The van der Waals surface area contributed by atoms with Gasteiger partial charge in [0, 0.05) is 25.5 Å². The van der Waals surface area contributed by atoms with Crippen LogP contribution in [0, 0.1) is 17.8 Å². The van der Waals surface area contributed by atoms with E-state index in [-0.39, 0.29) is 23.7 Å². The fourth-order valence-corrected chi connectivity index (χ4v) is 2.88. The number of carboxylic acids is 1. The van der Waals surface area contributed by atoms with Gasteiger partial charge in [0.1, 0.15) is 6.33 Å². The van der Waals surface area contributed by atoms with Gasteiger partial charge in [0.2, 0.25) is 0 Å². The van der Waals surface area contributed by atoms with Gasteiger partial charge in [-0.1, -0.05) is 0 Å². The number of aliphatic carboxylic acids is 1. The molecule has 3 rings (SSSR count). The number of hydrogen-bond acceptors (Lipinski definition) is 4. The summed E-state index contributed by atoms with van der Waals surface area (Å²) in [5.41, 5.74) is 0.462. The molecular weight excluding hydrogens is 234 g/mol. The second kappa shape index (κ2) is 4.04. The zero-order chi connectivity index (χ0) is 12.7. The van der Waals surface area contributed by atoms with Crippen LogP contribution in [0.5, 0.6) is 0 Å². The number of fused-ring (bicyclic) bond motifs is 1. The number of carboxylic acid groups (broad SMARTS) is 1. The quantitative estimate of drug-likeness (QED) is 0.811. The van der Waals surface area contributed by atoms with Crippen molar-refractivity contribution in [3.05, 3.63) is 24.3 Å². The normalized spacial score (nSPS) is 29.6. The lowest BCUT2D eigenvalue weighted by Gasteiger charge is -2.25. The molecule has 1 aromatic heterocycles. The van der Waals surface area contributed by atoms with Crippen LogP contribution in [0.15, 0.2) is 18.7 Å². The lowest BCUT2D eigenvalue weighted by Crippen LogP contribution is -2.37. The number of nitrogens with zero attached hydrogens (tertiary/aromatic N) is 3. The average Bonchev–Trinajstić information content (AvgIpc) is 3.12. The van der Waals surface area contributed by atoms with Gasteiger partial charge >= 0.3 is 5.97 Å². The topological polar surface area (TPSA) is 83.4 Å². The number of aromatic nitrogens is 2. The Kier molecular flexibility index (Phi) is 2.50. The van der Waals surface area contributed by atoms with Gasteiger partial charge in [0.05, 0.1) is 11.5 Å². The molecule has 1 N–H and O–H groups in total. The number of piperidine rings is 1. The maximum Gasteiger partial charge on any atom is 0.307 e. The Morgan fingerprint density at radius 1 is 1.28 bits per heavy atom. The third-order valence-corrected chi connectivity index (χ3v) is 3.88. The third-order valence-electron chi connectivity index (χ3n) is 3.88. The predicted molar refractivity (Wildman–Crippen MR) is 60.7 cm³/mol. The number of carbonyl (C=O) groups is 2. The van der Waals surface area contributed by atoms with Crippen molar-refractivity contribution in [1.82, 2.24) is 14.9 Å². The molecule has 2 heterocycles. The van der Waals surface area contributed by atoms with Crippen molar-refractivity contribution < 1.29 is 14.7 Å². The first-order chi connectivity index (χ1) is 8.68. The SMILES string of the molecule is O=C(O)[C@@H]1[C@@H]2CCN(C(=O)c3cncnc3)C[C@@H]21. The Morgan fingerprint density at radius 3 is 2.67 bits per heavy atom. The first-order valence-electron chi connectivity index (χ1n) is 5.95. The van der Waals surface area contributed by atoms with E-state index in [4.69, 9.17) is 5.11 Å². The second-order valence-corrected chi connectivity index (χ2v) is 4.86. The smallest absolute Gasteiger partial charge is 0.307 e. The number of carbonyl (C=O) groups excluding carboxylic acids is 1. The van der Waals surface area contributed by atoms with Crippen molar-refractivity contribution in [1.29, 1.82) is 0 Å². The number of hydrogen-bond donors (Lipinski definition) is 1. The zero-order valence-corrected chi connectivity index (χ0v) is 9.69. The minimum absolute atomic E-state index is 0.106. The lowest BCUT2D eigenvalue weighted by molar-refractivity contribution is -0.139. The molecule has 1 aliphatic heterocycles. The Morgan fingerprint density at radius 2 is 2.00 bits per heavy atom. The van der Waals surface area contributed by atoms with Crippen molar-refractivity contribution in [2.75, 3.05) is 13.1 Å². The summed E-state index contributed by atoms with van der Waals surface area (Å²) in [5.74, 6) is -0.703. The molecule has 1 aromatic rings. The maximum absolute atomic E-state index is 12.1. The van der Waals surface area contributed by atoms with E-state index in [1.807, 2.05) is 0 Å². The molecule has 2 aliphatic rings. The summed E-state index contributed by atoms with van der Waals surface area (Å²) in [5, 5.41) is 9.00. The van der Waals surface area contributed by atoms with Crippen molar-refractivity contribution in [3.63, 3.8) is 0 Å². The van der Waals surface area contributed by atoms with Gasteiger partial charge in [-0.2, -0.15) is 0 Å². The van der Waals surface area contributed by atoms with Crippen LogP contribution in [0.4, 0.5) is 0 Å². The number of amides is 1. The standard InChI is InChI=1S/C12H13N3O3/c16-11(7-3-13-6-14-4-7)15-2-1-8-9(5-15)10(8)12(17)18/h3-4,6,8-10H,1-2,5H2,(H,17,18)/t8-,9+,10-/m1/s1. The monoisotopic (exact) mass is 247 g/mol. The van der Waals surface area contributed by atoms with E-state index in [1.54, 1.807) is 4.90 Å². The molecule has 94 valence electrons. The molecular formula is C12H13N3O3. The highest BCUT2D eigenvalue weighted by atomic mass is 16.4. The van der Waals surface area contributed by atoms with E-state index in [0.29, 0.717) is 18.7 Å². The van der Waals surface area contributed by atoms with E-state index < -0.39 is 5.97 Å². The number of likely N-dealkylation sites (tertiary alicyclic amines) is 1. The van der Waals surface area contributed by atoms with Crippen molar-refractivity contribution in [2.24, 2.45) is 17.8 Å². The highest BCUT2D eigenvalue weighted by Gasteiger charge is 2.57. The van der Waals surface area contributed by atoms with Crippen LogP contribution in [0.3, 0.4) is 0 Å². The maximum atomic E-state index is 12.1. The minimum atomic E-state index is -0.734. The molecule has 0 unspecified atom stereocenters. The fourth-order valence-electron chi connectivity index (χ4n) is 2.88. The first kappa shape index (κ1) is 11.1. The van der Waals surface area contributed by atoms with Crippen LogP contribution in [0.1, 0.15) is 16.8 Å². The van der Waals surface area contributed by atoms with Gasteiger partial charge in [-0.3, -0.25) is 9.59 Å². The van der Waals surface area contributed by atoms with Crippen LogP contribution in [-0.4, -0.2) is 44.9 Å². The number of rotatable bonds is 2. The largest absolute Gasteiger partial charge is 0.481 e. The summed E-state index contributed by atoms with van der Waals surface area (Å²) < 4.78 is 0. The average molecular weight is 247 g/mol. The summed E-state index contributed by atoms with van der Waals surface area (Å²) in [7, 11) is 0. The Bertz CT molecular complexity index is 491. The Labute approximate surface area is 104 Å². The minimum Gasteiger partial charge on any atom is -0.481 e. The van der Waals surface area contributed by atoms with Crippen LogP contribution < -0.4 is 0 Å². The van der Waals surface area contributed by atoms with Crippen molar-refractivity contribution in [2.45, 2.75) is 6.42 Å². The van der Waals surface area contributed by atoms with Crippen LogP contribution in [-0.2, 0) is 4.79 Å². The molecule has 0 bridgehead atoms. The summed E-state index contributed by atoms with van der Waals surface area (Å²) in [6, 6.07) is 0. The van der Waals surface area contributed by atoms with Gasteiger partial charge in [-0.25, -0.2) is 9.97 Å². The highest BCUT2D eigenvalue weighted by Crippen LogP contribution is 2.51. The van der Waals surface area contributed by atoms with Crippen LogP contribution in [0.25, 0.3) is 0 Å². The van der Waals surface area contributed by atoms with Gasteiger partial charge < -0.3 is 10.0 Å². The molecule has 2 fully saturated rings. The van der Waals surface area contributed by atoms with Gasteiger partial charge in [-0.15, -0.1) is 0 Å². The molecule has 3 atom stereocenters. The van der Waals surface area contributed by atoms with Gasteiger partial charge in [0.15, 0.2) is 0 Å². The molecule has 1 saturated carbocycles. The lowest BCUT2D eigenvalue weighted by atomic mass is 10.1. The Balaban J connectivity index is 1.69. The molecule has 6 heteroatoms. The van der Waals surface area contributed by atoms with E-state index in [9.17, 15) is 9.59 Å². The van der Waals surface area contributed by atoms with Crippen molar-refractivity contribution >= 4 is 11.9 Å². The fraction of sp³-hybridized carbons (Fsp3) is 0.500. The van der Waals surface area contributed by atoms with E-state index in [2.05, 4.69) is 9.97 Å². The summed E-state index contributed by atoms with van der Waals surface area (Å²) in [6.45, 7) is 1.16. The van der Waals surface area contributed by atoms with E-state index in [1.165, 1.54) is 18.7 Å². The molecule has 1 saturated heterocycles. The van der Waals surface area contributed by atoms with Gasteiger partial charge in [-0.05, 0) is 18.3 Å². The molecule has 0 radical (unpaired) electrons. The predicted octanol–water partition coefficient (Wildman–Crippen LogP) is 0.269. The van der Waals surface area contributed by atoms with E-state index in [0.717, 1.165) is 6.42 Å². The first-order valence-corrected chi connectivity index (χ1v) is 5.95. The third kappa shape index (κ3) is 1.73. The molecule has 1 aliphatic carbocycles. The Hall–Kier alpha value is -1.98. The summed E-state index contributed by atoms with van der Waals surface area (Å²) in [4.78, 5) is 32.4. The zero-order valence-electron chi connectivity index (χ0n) is 9.69. The second-order valence-electron chi connectivity index (χ2n) is 4.86. The van der Waals surface area contributed by atoms with Gasteiger partial charge in [0.25, 0.3) is 5.91 Å². The molecule has 1 amide bonds. The molecule has 0 aromatic carbocycles.